The first-order valence-electron chi connectivity index (χ1n) is 6.01. The van der Waals surface area contributed by atoms with Crippen LogP contribution in [-0.2, 0) is 6.54 Å². The van der Waals surface area contributed by atoms with E-state index in [1.807, 2.05) is 30.0 Å². The van der Waals surface area contributed by atoms with Crippen LogP contribution in [0.5, 0.6) is 5.75 Å². The SMILES string of the molecule is Oc1cccc(CNCCSc2ccccc2)c1. The Hall–Kier alpha value is -1.45. The highest BCUT2D eigenvalue weighted by Crippen LogP contribution is 2.16. The van der Waals surface area contributed by atoms with Crippen molar-refractivity contribution in [2.75, 3.05) is 12.3 Å². The Kier molecular flexibility index (Phi) is 5.12. The Morgan fingerprint density at radius 2 is 1.83 bits per heavy atom. The van der Waals surface area contributed by atoms with E-state index >= 15 is 0 Å². The van der Waals surface area contributed by atoms with E-state index in [1.54, 1.807) is 12.1 Å². The average molecular weight is 259 g/mol. The maximum Gasteiger partial charge on any atom is 0.115 e. The van der Waals surface area contributed by atoms with Gasteiger partial charge in [0.15, 0.2) is 0 Å². The average Bonchev–Trinajstić information content (AvgIpc) is 2.40. The van der Waals surface area contributed by atoms with Gasteiger partial charge in [0.25, 0.3) is 0 Å². The molecule has 0 heterocycles. The van der Waals surface area contributed by atoms with Crippen LogP contribution < -0.4 is 5.32 Å². The zero-order valence-corrected chi connectivity index (χ0v) is 11.0. The molecule has 94 valence electrons. The van der Waals surface area contributed by atoms with Gasteiger partial charge in [0.2, 0.25) is 0 Å². The molecule has 2 N–H and O–H groups in total. The van der Waals surface area contributed by atoms with E-state index in [9.17, 15) is 5.11 Å². The Bertz CT molecular complexity index is 473. The quantitative estimate of drug-likeness (QED) is 0.617. The number of phenols is 1. The van der Waals surface area contributed by atoms with Crippen LogP contribution in [0.2, 0.25) is 0 Å². The molecule has 2 aromatic rings. The normalized spacial score (nSPS) is 10.4. The molecule has 0 amide bonds. The van der Waals surface area contributed by atoms with Crippen LogP contribution >= 0.6 is 11.8 Å². The molecule has 2 rings (SSSR count). The molecule has 0 unspecified atom stereocenters. The third kappa shape index (κ3) is 4.43. The van der Waals surface area contributed by atoms with Gasteiger partial charge in [-0.3, -0.25) is 0 Å². The van der Waals surface area contributed by atoms with Crippen LogP contribution in [0.3, 0.4) is 0 Å². The van der Waals surface area contributed by atoms with Crippen molar-refractivity contribution in [1.29, 1.82) is 0 Å². The molecule has 2 nitrogen and oxygen atoms in total. The van der Waals surface area contributed by atoms with Gasteiger partial charge in [-0.05, 0) is 29.8 Å². The summed E-state index contributed by atoms with van der Waals surface area (Å²) in [5.41, 5.74) is 1.11. The van der Waals surface area contributed by atoms with Crippen molar-refractivity contribution in [3.8, 4) is 5.75 Å². The lowest BCUT2D eigenvalue weighted by Gasteiger charge is -2.05. The van der Waals surface area contributed by atoms with Crippen molar-refractivity contribution in [2.45, 2.75) is 11.4 Å². The highest BCUT2D eigenvalue weighted by molar-refractivity contribution is 7.99. The van der Waals surface area contributed by atoms with E-state index in [-0.39, 0.29) is 0 Å². The maximum absolute atomic E-state index is 9.33. The first-order valence-corrected chi connectivity index (χ1v) is 6.99. The number of aromatic hydroxyl groups is 1. The first-order chi connectivity index (χ1) is 8.84. The molecule has 0 fully saturated rings. The third-order valence-corrected chi connectivity index (χ3v) is 3.54. The summed E-state index contributed by atoms with van der Waals surface area (Å²) in [4.78, 5) is 1.30. The molecule has 0 aliphatic rings. The molecule has 0 spiro atoms. The Labute approximate surface area is 112 Å². The van der Waals surface area contributed by atoms with Crippen LogP contribution in [0.25, 0.3) is 0 Å². The van der Waals surface area contributed by atoms with Gasteiger partial charge in [0, 0.05) is 23.7 Å². The minimum Gasteiger partial charge on any atom is -0.508 e. The van der Waals surface area contributed by atoms with Crippen LogP contribution in [-0.4, -0.2) is 17.4 Å². The molecular weight excluding hydrogens is 242 g/mol. The summed E-state index contributed by atoms with van der Waals surface area (Å²) in [7, 11) is 0. The van der Waals surface area contributed by atoms with E-state index in [4.69, 9.17) is 0 Å². The lowest BCUT2D eigenvalue weighted by Crippen LogP contribution is -2.16. The largest absolute Gasteiger partial charge is 0.508 e. The molecule has 0 aliphatic heterocycles. The van der Waals surface area contributed by atoms with Gasteiger partial charge in [0.1, 0.15) is 5.75 Å². The second-order valence-electron chi connectivity index (χ2n) is 4.01. The molecule has 2 aromatic carbocycles. The van der Waals surface area contributed by atoms with Gasteiger partial charge in [0.05, 0.1) is 0 Å². The van der Waals surface area contributed by atoms with E-state index in [0.29, 0.717) is 5.75 Å². The number of hydrogen-bond acceptors (Lipinski definition) is 3. The number of thioether (sulfide) groups is 1. The third-order valence-electron chi connectivity index (χ3n) is 2.53. The zero-order chi connectivity index (χ0) is 12.6. The monoisotopic (exact) mass is 259 g/mol. The maximum atomic E-state index is 9.33. The summed E-state index contributed by atoms with van der Waals surface area (Å²) < 4.78 is 0. The van der Waals surface area contributed by atoms with Crippen molar-refractivity contribution in [2.24, 2.45) is 0 Å². The smallest absolute Gasteiger partial charge is 0.115 e. The van der Waals surface area contributed by atoms with Gasteiger partial charge in [-0.15, -0.1) is 11.8 Å². The van der Waals surface area contributed by atoms with E-state index < -0.39 is 0 Å². The number of nitrogens with one attached hydrogen (secondary N) is 1. The lowest BCUT2D eigenvalue weighted by atomic mass is 10.2. The zero-order valence-electron chi connectivity index (χ0n) is 10.2. The van der Waals surface area contributed by atoms with Gasteiger partial charge in [-0.2, -0.15) is 0 Å². The van der Waals surface area contributed by atoms with Crippen LogP contribution in [0.15, 0.2) is 59.5 Å². The highest BCUT2D eigenvalue weighted by Gasteiger charge is 1.95. The number of benzene rings is 2. The molecule has 0 saturated heterocycles. The number of rotatable bonds is 6. The molecular formula is C15H17NOS. The molecule has 0 aromatic heterocycles. The molecule has 18 heavy (non-hydrogen) atoms. The van der Waals surface area contributed by atoms with E-state index in [1.165, 1.54) is 4.90 Å². The van der Waals surface area contributed by atoms with Crippen molar-refractivity contribution in [3.05, 3.63) is 60.2 Å². The summed E-state index contributed by atoms with van der Waals surface area (Å²) in [6, 6.07) is 17.8. The van der Waals surface area contributed by atoms with Gasteiger partial charge in [-0.1, -0.05) is 30.3 Å². The van der Waals surface area contributed by atoms with Crippen molar-refractivity contribution >= 4 is 11.8 Å². The Balaban J connectivity index is 1.65. The predicted molar refractivity (Wildman–Crippen MR) is 77.0 cm³/mol. The van der Waals surface area contributed by atoms with Crippen LogP contribution in [0, 0.1) is 0 Å². The van der Waals surface area contributed by atoms with Crippen molar-refractivity contribution in [3.63, 3.8) is 0 Å². The summed E-state index contributed by atoms with van der Waals surface area (Å²) >= 11 is 1.85. The predicted octanol–water partition coefficient (Wildman–Crippen LogP) is 3.27. The number of hydrogen-bond donors (Lipinski definition) is 2. The second kappa shape index (κ2) is 7.09. The summed E-state index contributed by atoms with van der Waals surface area (Å²) in [6.07, 6.45) is 0. The Morgan fingerprint density at radius 3 is 2.61 bits per heavy atom. The fourth-order valence-corrected chi connectivity index (χ4v) is 2.49. The molecule has 0 radical (unpaired) electrons. The summed E-state index contributed by atoms with van der Waals surface area (Å²) in [5.74, 6) is 1.37. The van der Waals surface area contributed by atoms with E-state index in [2.05, 4.69) is 29.6 Å². The fourth-order valence-electron chi connectivity index (χ4n) is 1.66. The van der Waals surface area contributed by atoms with Crippen molar-refractivity contribution in [1.82, 2.24) is 5.32 Å². The van der Waals surface area contributed by atoms with Crippen molar-refractivity contribution < 1.29 is 5.11 Å². The topological polar surface area (TPSA) is 32.3 Å². The minimum atomic E-state index is 0.327. The Morgan fingerprint density at radius 1 is 1.00 bits per heavy atom. The summed E-state index contributed by atoms with van der Waals surface area (Å²) in [5, 5.41) is 12.7. The molecule has 0 saturated carbocycles. The summed E-state index contributed by atoms with van der Waals surface area (Å²) in [6.45, 7) is 1.75. The first kappa shape index (κ1) is 13.0. The van der Waals surface area contributed by atoms with Crippen LogP contribution in [0.1, 0.15) is 5.56 Å². The molecule has 0 bridgehead atoms. The number of phenolic OH excluding ortho intramolecular Hbond substituents is 1. The van der Waals surface area contributed by atoms with Gasteiger partial charge in [-0.25, -0.2) is 0 Å². The highest BCUT2D eigenvalue weighted by atomic mass is 32.2. The molecule has 0 aliphatic carbocycles. The minimum absolute atomic E-state index is 0.327. The second-order valence-corrected chi connectivity index (χ2v) is 5.18. The van der Waals surface area contributed by atoms with Crippen LogP contribution in [0.4, 0.5) is 0 Å². The van der Waals surface area contributed by atoms with Gasteiger partial charge >= 0.3 is 0 Å². The lowest BCUT2D eigenvalue weighted by molar-refractivity contribution is 0.474. The van der Waals surface area contributed by atoms with E-state index in [0.717, 1.165) is 24.4 Å². The van der Waals surface area contributed by atoms with Gasteiger partial charge < -0.3 is 10.4 Å². The fraction of sp³-hybridized carbons (Fsp3) is 0.200. The molecule has 0 atom stereocenters. The standard InChI is InChI=1S/C15H17NOS/c17-14-6-4-5-13(11-14)12-16-9-10-18-15-7-2-1-3-8-15/h1-8,11,16-17H,9-10,12H2. The molecule has 3 heteroatoms.